The zero-order valence-corrected chi connectivity index (χ0v) is 11.7. The highest BCUT2D eigenvalue weighted by atomic mass is 16.4. The first kappa shape index (κ1) is 17.4. The molecule has 110 valence electrons. The largest absolute Gasteiger partial charge is 0.480 e. The summed E-state index contributed by atoms with van der Waals surface area (Å²) in [5.74, 6) is -1.57. The molecule has 0 heterocycles. The Hall–Kier alpha value is -1.63. The minimum absolute atomic E-state index is 0.220. The number of carboxylic acids is 1. The summed E-state index contributed by atoms with van der Waals surface area (Å²) in [4.78, 5) is 33.8. The van der Waals surface area contributed by atoms with Crippen molar-refractivity contribution < 1.29 is 19.5 Å². The summed E-state index contributed by atoms with van der Waals surface area (Å²) in [7, 11) is 0. The van der Waals surface area contributed by atoms with Crippen molar-refractivity contribution >= 4 is 17.9 Å². The van der Waals surface area contributed by atoms with Crippen LogP contribution in [0.3, 0.4) is 0 Å². The Morgan fingerprint density at radius 3 is 2.26 bits per heavy atom. The maximum Gasteiger partial charge on any atom is 0.323 e. The molecule has 0 aliphatic heterocycles. The minimum Gasteiger partial charge on any atom is -0.480 e. The molecule has 0 aromatic carbocycles. The number of hydrogen-bond acceptors (Lipinski definition) is 4. The van der Waals surface area contributed by atoms with E-state index >= 15 is 0 Å². The zero-order valence-electron chi connectivity index (χ0n) is 11.7. The fourth-order valence-corrected chi connectivity index (χ4v) is 1.50. The Balaban J connectivity index is 4.19. The average Bonchev–Trinajstić information content (AvgIpc) is 2.34. The molecule has 0 spiro atoms. The first-order chi connectivity index (χ1) is 8.85. The molecule has 19 heavy (non-hydrogen) atoms. The lowest BCUT2D eigenvalue weighted by Crippen LogP contribution is -2.53. The molecule has 0 saturated heterocycles. The fourth-order valence-electron chi connectivity index (χ4n) is 1.50. The van der Waals surface area contributed by atoms with Crippen LogP contribution in [0.1, 0.15) is 40.0 Å². The highest BCUT2D eigenvalue weighted by molar-refractivity contribution is 5.95. The van der Waals surface area contributed by atoms with Gasteiger partial charge >= 0.3 is 12.0 Å². The van der Waals surface area contributed by atoms with Gasteiger partial charge in [-0.1, -0.05) is 20.3 Å². The van der Waals surface area contributed by atoms with Crippen LogP contribution >= 0.6 is 0 Å². The Kier molecular flexibility index (Phi) is 7.74. The van der Waals surface area contributed by atoms with Gasteiger partial charge in [-0.2, -0.15) is 0 Å². The Morgan fingerprint density at radius 2 is 1.79 bits per heavy atom. The second-order valence-corrected chi connectivity index (χ2v) is 4.54. The van der Waals surface area contributed by atoms with Crippen molar-refractivity contribution in [2.75, 3.05) is 13.1 Å². The molecular weight excluding hydrogens is 250 g/mol. The maximum absolute atomic E-state index is 11.5. The summed E-state index contributed by atoms with van der Waals surface area (Å²) in [6, 6.07) is -0.568. The second-order valence-electron chi connectivity index (χ2n) is 4.54. The monoisotopic (exact) mass is 273 g/mol. The van der Waals surface area contributed by atoms with E-state index in [1.54, 1.807) is 0 Å². The van der Waals surface area contributed by atoms with Crippen LogP contribution in [0.25, 0.3) is 0 Å². The summed E-state index contributed by atoms with van der Waals surface area (Å²) in [5.41, 5.74) is -1.16. The molecule has 0 rings (SSSR count). The van der Waals surface area contributed by atoms with Crippen LogP contribution in [-0.4, -0.2) is 41.6 Å². The van der Waals surface area contributed by atoms with Gasteiger partial charge in [-0.05, 0) is 19.8 Å². The van der Waals surface area contributed by atoms with Gasteiger partial charge in [0.05, 0.1) is 6.54 Å². The van der Waals surface area contributed by atoms with Gasteiger partial charge in [0.15, 0.2) is 0 Å². The van der Waals surface area contributed by atoms with Gasteiger partial charge in [-0.25, -0.2) is 4.79 Å². The first-order valence-corrected chi connectivity index (χ1v) is 6.41. The summed E-state index contributed by atoms with van der Waals surface area (Å²) in [6.07, 6.45) is 1.85. The van der Waals surface area contributed by atoms with Crippen LogP contribution in [-0.2, 0) is 9.59 Å². The summed E-state index contributed by atoms with van der Waals surface area (Å²) < 4.78 is 0. The molecule has 7 nitrogen and oxygen atoms in total. The highest BCUT2D eigenvalue weighted by Crippen LogP contribution is 2.11. The lowest BCUT2D eigenvalue weighted by molar-refractivity contribution is -0.144. The number of nitrogens with one attached hydrogen (secondary N) is 3. The lowest BCUT2D eigenvalue weighted by atomic mass is 9.96. The molecule has 1 atom stereocenters. The van der Waals surface area contributed by atoms with E-state index in [1.807, 2.05) is 13.8 Å². The van der Waals surface area contributed by atoms with Crippen LogP contribution in [0.4, 0.5) is 4.79 Å². The third-order valence-corrected chi connectivity index (χ3v) is 2.65. The van der Waals surface area contributed by atoms with E-state index in [-0.39, 0.29) is 6.54 Å². The van der Waals surface area contributed by atoms with E-state index in [0.717, 1.165) is 6.42 Å². The van der Waals surface area contributed by atoms with Crippen molar-refractivity contribution in [3.63, 3.8) is 0 Å². The third kappa shape index (κ3) is 6.76. The Labute approximate surface area is 113 Å². The molecule has 7 heteroatoms. The van der Waals surface area contributed by atoms with Gasteiger partial charge in [0.2, 0.25) is 5.91 Å². The number of imide groups is 1. The van der Waals surface area contributed by atoms with Crippen molar-refractivity contribution in [3.8, 4) is 0 Å². The number of hydrogen-bond donors (Lipinski definition) is 4. The molecule has 0 radical (unpaired) electrons. The lowest BCUT2D eigenvalue weighted by Gasteiger charge is -2.25. The summed E-state index contributed by atoms with van der Waals surface area (Å²) in [5, 5.41) is 16.4. The predicted octanol–water partition coefficient (Wildman–Crippen LogP) is 0.455. The van der Waals surface area contributed by atoms with Gasteiger partial charge in [-0.3, -0.25) is 20.2 Å². The van der Waals surface area contributed by atoms with Crippen LogP contribution < -0.4 is 16.0 Å². The van der Waals surface area contributed by atoms with Crippen molar-refractivity contribution in [1.82, 2.24) is 16.0 Å². The fraction of sp³-hybridized carbons (Fsp3) is 0.750. The number of carboxylic acid groups (broad SMARTS) is 1. The number of urea groups is 1. The van der Waals surface area contributed by atoms with E-state index in [9.17, 15) is 14.4 Å². The molecule has 4 N–H and O–H groups in total. The van der Waals surface area contributed by atoms with Crippen molar-refractivity contribution in [2.45, 2.75) is 45.6 Å². The quantitative estimate of drug-likeness (QED) is 0.514. The average molecular weight is 273 g/mol. The third-order valence-electron chi connectivity index (χ3n) is 2.65. The van der Waals surface area contributed by atoms with Gasteiger partial charge in [0.1, 0.15) is 5.54 Å². The van der Waals surface area contributed by atoms with Gasteiger partial charge in [0.25, 0.3) is 0 Å². The van der Waals surface area contributed by atoms with E-state index in [0.29, 0.717) is 19.4 Å². The van der Waals surface area contributed by atoms with Crippen LogP contribution in [0.2, 0.25) is 0 Å². The standard InChI is InChI=1S/C12H23N3O4/c1-4-6-12(3,10(17)18)14-8-9(16)15-11(19)13-7-5-2/h14H,4-8H2,1-3H3,(H,17,18)(H2,13,15,16,19). The molecule has 0 saturated carbocycles. The summed E-state index contributed by atoms with van der Waals surface area (Å²) in [6.45, 7) is 5.54. The number of carbonyl (C=O) groups excluding carboxylic acids is 2. The minimum atomic E-state index is -1.16. The van der Waals surface area contributed by atoms with Crippen molar-refractivity contribution in [2.24, 2.45) is 0 Å². The van der Waals surface area contributed by atoms with Crippen molar-refractivity contribution in [3.05, 3.63) is 0 Å². The first-order valence-electron chi connectivity index (χ1n) is 6.41. The molecule has 0 aromatic heterocycles. The van der Waals surface area contributed by atoms with E-state index in [1.165, 1.54) is 6.92 Å². The highest BCUT2D eigenvalue weighted by Gasteiger charge is 2.32. The molecular formula is C12H23N3O4. The number of aliphatic carboxylic acids is 1. The van der Waals surface area contributed by atoms with Crippen LogP contribution in [0, 0.1) is 0 Å². The van der Waals surface area contributed by atoms with Crippen LogP contribution in [0.15, 0.2) is 0 Å². The molecule has 1 unspecified atom stereocenters. The maximum atomic E-state index is 11.5. The molecule has 0 aliphatic rings. The Bertz CT molecular complexity index is 333. The second kappa shape index (κ2) is 8.47. The predicted molar refractivity (Wildman–Crippen MR) is 70.8 cm³/mol. The number of carbonyl (C=O) groups is 3. The zero-order chi connectivity index (χ0) is 14.9. The van der Waals surface area contributed by atoms with Gasteiger partial charge in [-0.15, -0.1) is 0 Å². The molecule has 0 aliphatic carbocycles. The number of rotatable bonds is 8. The molecule has 0 fully saturated rings. The molecule has 0 aromatic rings. The smallest absolute Gasteiger partial charge is 0.323 e. The summed E-state index contributed by atoms with van der Waals surface area (Å²) >= 11 is 0. The van der Waals surface area contributed by atoms with Gasteiger partial charge in [0, 0.05) is 6.54 Å². The SMILES string of the molecule is CCCNC(=O)NC(=O)CNC(C)(CCC)C(=O)O. The van der Waals surface area contributed by atoms with E-state index < -0.39 is 23.4 Å². The molecule has 0 bridgehead atoms. The normalized spacial score (nSPS) is 13.4. The topological polar surface area (TPSA) is 108 Å². The van der Waals surface area contributed by atoms with Crippen LogP contribution in [0.5, 0.6) is 0 Å². The van der Waals surface area contributed by atoms with Gasteiger partial charge < -0.3 is 10.4 Å². The van der Waals surface area contributed by atoms with E-state index in [2.05, 4.69) is 16.0 Å². The van der Waals surface area contributed by atoms with Crippen molar-refractivity contribution in [1.29, 1.82) is 0 Å². The Morgan fingerprint density at radius 1 is 1.16 bits per heavy atom. The molecule has 3 amide bonds. The number of amides is 3. The van der Waals surface area contributed by atoms with E-state index in [4.69, 9.17) is 5.11 Å².